The van der Waals surface area contributed by atoms with E-state index >= 15 is 0 Å². The Morgan fingerprint density at radius 2 is 1.76 bits per heavy atom. The molecule has 2 aromatic rings. The van der Waals surface area contributed by atoms with Gasteiger partial charge in [-0.25, -0.2) is 4.79 Å². The predicted octanol–water partition coefficient (Wildman–Crippen LogP) is 7.22. The maximum Gasteiger partial charge on any atom is 0.410 e. The fourth-order valence-electron chi connectivity index (χ4n) is 11.0. The quantitative estimate of drug-likeness (QED) is 0.298. The van der Waals surface area contributed by atoms with Gasteiger partial charge in [0.25, 0.3) is 0 Å². The van der Waals surface area contributed by atoms with Crippen LogP contribution in [-0.2, 0) is 11.2 Å². The average molecular weight is 584 g/mol. The second kappa shape index (κ2) is 8.92. The molecule has 6 heteroatoms. The van der Waals surface area contributed by atoms with Crippen molar-refractivity contribution < 1.29 is 19.4 Å². The van der Waals surface area contributed by atoms with Gasteiger partial charge in [-0.1, -0.05) is 68.5 Å². The molecule has 3 spiro atoms. The van der Waals surface area contributed by atoms with Gasteiger partial charge in [-0.05, 0) is 80.1 Å². The summed E-state index contributed by atoms with van der Waals surface area (Å²) in [6.45, 7) is 6.12. The van der Waals surface area contributed by atoms with Crippen molar-refractivity contribution in [2.75, 3.05) is 13.1 Å². The van der Waals surface area contributed by atoms with Gasteiger partial charge in [0, 0.05) is 38.8 Å². The van der Waals surface area contributed by atoms with Gasteiger partial charge in [0.15, 0.2) is 5.78 Å². The third-order valence-corrected chi connectivity index (χ3v) is 14.1. The molecule has 2 heterocycles. The van der Waals surface area contributed by atoms with E-state index in [-0.39, 0.29) is 40.1 Å². The third kappa shape index (κ3) is 3.29. The first-order chi connectivity index (χ1) is 20.2. The highest BCUT2D eigenvalue weighted by Crippen LogP contribution is 2.79. The highest BCUT2D eigenvalue weighted by Gasteiger charge is 2.76. The molecule has 1 aliphatic heterocycles. The van der Waals surface area contributed by atoms with E-state index in [0.717, 1.165) is 56.1 Å². The van der Waals surface area contributed by atoms with Gasteiger partial charge in [-0.3, -0.25) is 4.79 Å². The summed E-state index contributed by atoms with van der Waals surface area (Å²) in [6, 6.07) is 13.9. The van der Waals surface area contributed by atoms with Gasteiger partial charge in [0.1, 0.15) is 5.60 Å². The summed E-state index contributed by atoms with van der Waals surface area (Å²) in [5, 5.41) is 13.0. The number of carbonyl (C=O) groups excluding carboxylic acids is 2. The zero-order chi connectivity index (χ0) is 29.0. The maximum absolute atomic E-state index is 14.5. The van der Waals surface area contributed by atoms with E-state index in [1.54, 1.807) is 11.3 Å². The lowest BCUT2D eigenvalue weighted by atomic mass is 9.32. The average Bonchev–Trinajstić information content (AvgIpc) is 3.70. The predicted molar refractivity (Wildman–Crippen MR) is 163 cm³/mol. The maximum atomic E-state index is 14.5. The summed E-state index contributed by atoms with van der Waals surface area (Å²) in [4.78, 5) is 31.2. The number of fused-ring (bicyclic) bond motifs is 2. The molecule has 5 nitrogen and oxygen atoms in total. The normalized spacial score (nSPS) is 43.1. The molecule has 9 rings (SSSR count). The molecule has 8 atom stereocenters. The third-order valence-electron chi connectivity index (χ3n) is 13.2. The first-order valence-corrected chi connectivity index (χ1v) is 16.8. The summed E-state index contributed by atoms with van der Waals surface area (Å²) in [6.07, 6.45) is 13.7. The van der Waals surface area contributed by atoms with Crippen molar-refractivity contribution in [1.82, 2.24) is 4.90 Å². The van der Waals surface area contributed by atoms with Crippen molar-refractivity contribution in [1.29, 1.82) is 0 Å². The van der Waals surface area contributed by atoms with Crippen LogP contribution in [0.3, 0.4) is 0 Å². The van der Waals surface area contributed by atoms with E-state index in [2.05, 4.69) is 49.6 Å². The number of rotatable bonds is 5. The minimum Gasteiger partial charge on any atom is -0.440 e. The molecular weight excluding hydrogens is 542 g/mol. The monoisotopic (exact) mass is 583 g/mol. The smallest absolute Gasteiger partial charge is 0.410 e. The Balaban J connectivity index is 1.21. The van der Waals surface area contributed by atoms with E-state index in [1.807, 2.05) is 35.2 Å². The molecule has 6 aliphatic carbocycles. The van der Waals surface area contributed by atoms with Crippen molar-refractivity contribution in [2.45, 2.75) is 76.9 Å². The second-order valence-corrected chi connectivity index (χ2v) is 15.6. The molecule has 4 fully saturated rings. The van der Waals surface area contributed by atoms with Gasteiger partial charge in [-0.2, -0.15) is 0 Å². The lowest BCUT2D eigenvalue weighted by Gasteiger charge is -2.71. The molecular formula is C36H41NO4S. The van der Waals surface area contributed by atoms with Crippen LogP contribution in [0.4, 0.5) is 4.79 Å². The summed E-state index contributed by atoms with van der Waals surface area (Å²) in [5.74, 6) is 0.638. The van der Waals surface area contributed by atoms with E-state index in [0.29, 0.717) is 25.4 Å². The van der Waals surface area contributed by atoms with Gasteiger partial charge in [0.05, 0.1) is 12.6 Å². The standard InChI is InChI=1S/C36H41NO4S/c1-32-14-10-25(38)21-34(32)17-18-36(27(22-34)30(39)24-7-4-3-5-8-24)28(32)11-15-33(2)29(36)12-16-35(33)23-37(31(40)41-35)19-13-26-9-6-20-42-26/h3-9,17-18,20,22,25,28-29,38H,10-16,19,21,23H2,1-2H3. The highest BCUT2D eigenvalue weighted by molar-refractivity contribution is 7.09. The molecule has 1 aromatic carbocycles. The molecule has 1 N–H and O–H groups in total. The van der Waals surface area contributed by atoms with Crippen molar-refractivity contribution in [2.24, 2.45) is 33.5 Å². The van der Waals surface area contributed by atoms with E-state index in [4.69, 9.17) is 4.74 Å². The number of thiophene rings is 1. The van der Waals surface area contributed by atoms with Crippen LogP contribution >= 0.6 is 11.3 Å². The van der Waals surface area contributed by atoms with Crippen LogP contribution in [0.2, 0.25) is 0 Å². The molecule has 3 saturated carbocycles. The van der Waals surface area contributed by atoms with Crippen LogP contribution in [0.15, 0.2) is 71.6 Å². The Bertz CT molecular complexity index is 1500. The molecule has 7 aliphatic rings. The van der Waals surface area contributed by atoms with Crippen LogP contribution in [-0.4, -0.2) is 46.7 Å². The van der Waals surface area contributed by atoms with Crippen molar-refractivity contribution >= 4 is 23.2 Å². The number of ether oxygens (including phenoxy) is 1. The molecule has 8 unspecified atom stereocenters. The number of hydrogen-bond donors (Lipinski definition) is 1. The Hall–Kier alpha value is -2.70. The molecule has 220 valence electrons. The lowest BCUT2D eigenvalue weighted by Crippen LogP contribution is -2.67. The SMILES string of the molecule is CC12CCC(O)CC13C=CC1(C(C(=O)c4ccccc4)=C3)C2CCC2(C)C1CCC21CN(CCc2cccs2)C(=O)O1. The zero-order valence-electron chi connectivity index (χ0n) is 24.7. The lowest BCUT2D eigenvalue weighted by molar-refractivity contribution is -0.164. The van der Waals surface area contributed by atoms with Crippen LogP contribution in [0.25, 0.3) is 0 Å². The number of aliphatic hydroxyl groups is 1. The number of carbonyl (C=O) groups is 2. The van der Waals surface area contributed by atoms with Gasteiger partial charge in [0.2, 0.25) is 0 Å². The molecule has 1 aromatic heterocycles. The number of ketones is 1. The summed E-state index contributed by atoms with van der Waals surface area (Å²) < 4.78 is 6.50. The van der Waals surface area contributed by atoms with Gasteiger partial charge in [-0.15, -0.1) is 11.3 Å². The summed E-state index contributed by atoms with van der Waals surface area (Å²) in [5.41, 5.74) is 0.169. The second-order valence-electron chi connectivity index (χ2n) is 14.6. The van der Waals surface area contributed by atoms with Gasteiger partial charge < -0.3 is 14.7 Å². The van der Waals surface area contributed by atoms with Crippen molar-refractivity contribution in [3.8, 4) is 0 Å². The number of Topliss-reactive ketones (excluding diaryl/α,β-unsaturated/α-hetero) is 1. The number of amides is 1. The number of hydrogen-bond acceptors (Lipinski definition) is 5. The Morgan fingerprint density at radius 3 is 2.55 bits per heavy atom. The largest absolute Gasteiger partial charge is 0.440 e. The number of allylic oxidation sites excluding steroid dienone is 4. The molecule has 1 saturated heterocycles. The van der Waals surface area contributed by atoms with E-state index in [9.17, 15) is 14.7 Å². The van der Waals surface area contributed by atoms with E-state index in [1.165, 1.54) is 4.88 Å². The fraction of sp³-hybridized carbons (Fsp3) is 0.556. The Kier molecular flexibility index (Phi) is 5.71. The Morgan fingerprint density at radius 1 is 1.00 bits per heavy atom. The molecule has 1 amide bonds. The van der Waals surface area contributed by atoms with Crippen LogP contribution < -0.4 is 0 Å². The minimum absolute atomic E-state index is 0.0162. The number of nitrogens with zero attached hydrogens (tertiary/aromatic N) is 1. The fourth-order valence-corrected chi connectivity index (χ4v) is 11.7. The summed E-state index contributed by atoms with van der Waals surface area (Å²) >= 11 is 1.74. The summed E-state index contributed by atoms with van der Waals surface area (Å²) in [7, 11) is 0. The van der Waals surface area contributed by atoms with Crippen molar-refractivity contribution in [3.63, 3.8) is 0 Å². The first-order valence-electron chi connectivity index (χ1n) is 15.9. The van der Waals surface area contributed by atoms with E-state index < -0.39 is 11.0 Å². The molecule has 0 radical (unpaired) electrons. The zero-order valence-corrected chi connectivity index (χ0v) is 25.5. The van der Waals surface area contributed by atoms with Crippen molar-refractivity contribution in [3.05, 3.63) is 82.1 Å². The molecule has 42 heavy (non-hydrogen) atoms. The first kappa shape index (κ1) is 26.9. The molecule has 2 bridgehead atoms. The topological polar surface area (TPSA) is 66.8 Å². The van der Waals surface area contributed by atoms with Crippen LogP contribution in [0.5, 0.6) is 0 Å². The minimum atomic E-state index is -0.533. The number of benzene rings is 1. The number of aliphatic hydroxyl groups excluding tert-OH is 1. The van der Waals surface area contributed by atoms with Crippen LogP contribution in [0.1, 0.15) is 74.0 Å². The van der Waals surface area contributed by atoms with Gasteiger partial charge >= 0.3 is 6.09 Å². The highest BCUT2D eigenvalue weighted by atomic mass is 32.1. The van der Waals surface area contributed by atoms with Crippen LogP contribution in [0, 0.1) is 33.5 Å². The Labute approximate surface area is 252 Å².